The summed E-state index contributed by atoms with van der Waals surface area (Å²) in [4.78, 5) is 10.9. The van der Waals surface area contributed by atoms with Gasteiger partial charge in [0.15, 0.2) is 0 Å². The van der Waals surface area contributed by atoms with Gasteiger partial charge in [-0.15, -0.1) is 0 Å². The minimum absolute atomic E-state index is 0.150. The average Bonchev–Trinajstić information content (AvgIpc) is 3.11. The minimum atomic E-state index is -4.63. The van der Waals surface area contributed by atoms with Crippen molar-refractivity contribution in [2.45, 2.75) is 56.1 Å². The zero-order valence-electron chi connectivity index (χ0n) is 15.6. The van der Waals surface area contributed by atoms with E-state index in [-0.39, 0.29) is 29.1 Å². The first-order chi connectivity index (χ1) is 13.6. The Bertz CT molecular complexity index is 1200. The van der Waals surface area contributed by atoms with Crippen molar-refractivity contribution in [2.75, 3.05) is 0 Å². The lowest BCUT2D eigenvalue weighted by atomic mass is 10.1. The van der Waals surface area contributed by atoms with E-state index in [0.29, 0.717) is 35.8 Å². The van der Waals surface area contributed by atoms with Gasteiger partial charge >= 0.3 is 6.18 Å². The molecule has 0 spiro atoms. The molecule has 3 heterocycles. The van der Waals surface area contributed by atoms with Gasteiger partial charge in [0.2, 0.25) is 15.8 Å². The number of H-pyrrole nitrogens is 1. The Labute approximate surface area is 164 Å². The SMILES string of the molecule is C[C@@H]1C[C@H](NS(=O)(=O)C2CC2)C[C@@H]1n1c(C(F)(F)F)nc2cnc3[nH]ccc3c21. The van der Waals surface area contributed by atoms with Crippen LogP contribution in [0.1, 0.15) is 44.5 Å². The van der Waals surface area contributed by atoms with Gasteiger partial charge in [-0.2, -0.15) is 13.2 Å². The molecule has 2 saturated carbocycles. The molecule has 0 amide bonds. The predicted molar refractivity (Wildman–Crippen MR) is 101 cm³/mol. The Hall–Kier alpha value is -2.14. The maximum atomic E-state index is 13.9. The van der Waals surface area contributed by atoms with Gasteiger partial charge in [-0.3, -0.25) is 0 Å². The fourth-order valence-electron chi connectivity index (χ4n) is 4.50. The number of alkyl halides is 3. The molecule has 3 aromatic heterocycles. The van der Waals surface area contributed by atoms with Gasteiger partial charge in [0.25, 0.3) is 0 Å². The molecule has 0 aliphatic heterocycles. The largest absolute Gasteiger partial charge is 0.449 e. The van der Waals surface area contributed by atoms with Crippen LogP contribution < -0.4 is 4.72 Å². The Balaban J connectivity index is 1.60. The van der Waals surface area contributed by atoms with E-state index in [1.54, 1.807) is 12.3 Å². The summed E-state index contributed by atoms with van der Waals surface area (Å²) >= 11 is 0. The van der Waals surface area contributed by atoms with E-state index in [9.17, 15) is 21.6 Å². The molecule has 0 aromatic carbocycles. The number of hydrogen-bond acceptors (Lipinski definition) is 4. The number of aromatic amines is 1. The Morgan fingerprint density at radius 2 is 2.03 bits per heavy atom. The number of halogens is 3. The summed E-state index contributed by atoms with van der Waals surface area (Å²) in [5.41, 5.74) is 1.05. The molecule has 29 heavy (non-hydrogen) atoms. The molecule has 5 rings (SSSR count). The number of aromatic nitrogens is 4. The summed E-state index contributed by atoms with van der Waals surface area (Å²) in [6.45, 7) is 1.86. The third-order valence-corrected chi connectivity index (χ3v) is 7.96. The summed E-state index contributed by atoms with van der Waals surface area (Å²) in [5.74, 6) is -1.12. The minimum Gasteiger partial charge on any atom is -0.346 e. The van der Waals surface area contributed by atoms with Gasteiger partial charge in [0.05, 0.1) is 17.0 Å². The number of sulfonamides is 1. The second-order valence-electron chi connectivity index (χ2n) is 8.11. The number of rotatable bonds is 4. The molecule has 7 nitrogen and oxygen atoms in total. The van der Waals surface area contributed by atoms with Gasteiger partial charge in [-0.25, -0.2) is 23.1 Å². The highest BCUT2D eigenvalue weighted by atomic mass is 32.2. The van der Waals surface area contributed by atoms with Crippen molar-refractivity contribution < 1.29 is 21.6 Å². The van der Waals surface area contributed by atoms with Crippen molar-refractivity contribution in [2.24, 2.45) is 5.92 Å². The number of fused-ring (bicyclic) bond motifs is 3. The van der Waals surface area contributed by atoms with Crippen molar-refractivity contribution in [3.8, 4) is 0 Å². The van der Waals surface area contributed by atoms with Crippen LogP contribution in [0.25, 0.3) is 22.1 Å². The molecule has 2 N–H and O–H groups in total. The molecule has 3 atom stereocenters. The fourth-order valence-corrected chi connectivity index (χ4v) is 6.11. The molecule has 3 aromatic rings. The first-order valence-corrected chi connectivity index (χ1v) is 11.1. The van der Waals surface area contributed by atoms with E-state index >= 15 is 0 Å². The molecular formula is C18H20F3N5O2S. The van der Waals surface area contributed by atoms with Crippen molar-refractivity contribution in [1.82, 2.24) is 24.2 Å². The van der Waals surface area contributed by atoms with Crippen LogP contribution >= 0.6 is 0 Å². The van der Waals surface area contributed by atoms with Gasteiger partial charge in [0, 0.05) is 23.7 Å². The third kappa shape index (κ3) is 3.10. The van der Waals surface area contributed by atoms with Crippen LogP contribution in [0.2, 0.25) is 0 Å². The van der Waals surface area contributed by atoms with Gasteiger partial charge in [0.1, 0.15) is 11.2 Å². The molecular weight excluding hydrogens is 407 g/mol. The molecule has 2 fully saturated rings. The van der Waals surface area contributed by atoms with Crippen LogP contribution in [0, 0.1) is 5.92 Å². The van der Waals surface area contributed by atoms with E-state index in [1.165, 1.54) is 10.8 Å². The highest BCUT2D eigenvalue weighted by molar-refractivity contribution is 7.90. The lowest BCUT2D eigenvalue weighted by Crippen LogP contribution is -2.35. The quantitative estimate of drug-likeness (QED) is 0.668. The first-order valence-electron chi connectivity index (χ1n) is 9.57. The van der Waals surface area contributed by atoms with E-state index in [2.05, 4.69) is 19.7 Å². The molecule has 0 radical (unpaired) electrons. The zero-order valence-corrected chi connectivity index (χ0v) is 16.4. The number of imidazole rings is 1. The Kier molecular flexibility index (Phi) is 4.02. The normalized spacial score (nSPS) is 26.0. The van der Waals surface area contributed by atoms with Crippen molar-refractivity contribution in [3.05, 3.63) is 24.3 Å². The van der Waals surface area contributed by atoms with Crippen molar-refractivity contribution in [3.63, 3.8) is 0 Å². The summed E-state index contributed by atoms with van der Waals surface area (Å²) in [5, 5.41) is 0.210. The average molecular weight is 427 g/mol. The van der Waals surface area contributed by atoms with E-state index in [0.717, 1.165) is 0 Å². The summed E-state index contributed by atoms with van der Waals surface area (Å²) in [7, 11) is -3.41. The van der Waals surface area contributed by atoms with E-state index < -0.39 is 28.1 Å². The molecule has 2 aliphatic rings. The summed E-state index contributed by atoms with van der Waals surface area (Å²) in [6, 6.07) is 0.780. The number of nitrogens with zero attached hydrogens (tertiary/aromatic N) is 3. The van der Waals surface area contributed by atoms with Gasteiger partial charge in [-0.1, -0.05) is 6.92 Å². The molecule has 11 heteroatoms. The van der Waals surface area contributed by atoms with E-state index in [4.69, 9.17) is 0 Å². The Morgan fingerprint density at radius 1 is 1.28 bits per heavy atom. The van der Waals surface area contributed by atoms with Gasteiger partial charge in [-0.05, 0) is 37.7 Å². The Morgan fingerprint density at radius 3 is 2.72 bits per heavy atom. The maximum absolute atomic E-state index is 13.9. The van der Waals surface area contributed by atoms with Crippen molar-refractivity contribution in [1.29, 1.82) is 0 Å². The van der Waals surface area contributed by atoms with Crippen LogP contribution in [-0.2, 0) is 16.2 Å². The van der Waals surface area contributed by atoms with Crippen LogP contribution in [0.4, 0.5) is 13.2 Å². The molecule has 0 saturated heterocycles. The third-order valence-electron chi connectivity index (χ3n) is 5.95. The standard InChI is InChI=1S/C18H20F3N5O2S/c1-9-6-10(25-29(27,28)11-2-3-11)7-14(9)26-15-12-4-5-22-16(12)23-8-13(15)24-17(26)18(19,20)21/h4-5,8-11,14,25H,2-3,6-7H2,1H3,(H,22,23)/t9-,10+,14+/m1/s1. The van der Waals surface area contributed by atoms with E-state index in [1.807, 2.05) is 6.92 Å². The second-order valence-corrected chi connectivity index (χ2v) is 10.1. The van der Waals surface area contributed by atoms with Crippen LogP contribution in [0.5, 0.6) is 0 Å². The second kappa shape index (κ2) is 6.18. The van der Waals surface area contributed by atoms with Crippen LogP contribution in [-0.4, -0.2) is 39.2 Å². The number of pyridine rings is 1. The maximum Gasteiger partial charge on any atom is 0.449 e. The molecule has 0 bridgehead atoms. The fraction of sp³-hybridized carbons (Fsp3) is 0.556. The predicted octanol–water partition coefficient (Wildman–Crippen LogP) is 3.35. The topological polar surface area (TPSA) is 92.7 Å². The monoisotopic (exact) mass is 427 g/mol. The highest BCUT2D eigenvalue weighted by Crippen LogP contribution is 2.43. The van der Waals surface area contributed by atoms with Gasteiger partial charge < -0.3 is 9.55 Å². The molecule has 2 aliphatic carbocycles. The lowest BCUT2D eigenvalue weighted by molar-refractivity contribution is -0.147. The highest BCUT2D eigenvalue weighted by Gasteiger charge is 2.45. The zero-order chi connectivity index (χ0) is 20.6. The number of nitrogens with one attached hydrogen (secondary N) is 2. The number of hydrogen-bond donors (Lipinski definition) is 2. The molecule has 156 valence electrons. The smallest absolute Gasteiger partial charge is 0.346 e. The van der Waals surface area contributed by atoms with Crippen molar-refractivity contribution >= 4 is 32.1 Å². The summed E-state index contributed by atoms with van der Waals surface area (Å²) in [6.07, 6.45) is 0.394. The van der Waals surface area contributed by atoms with Crippen LogP contribution in [0.3, 0.4) is 0 Å². The first kappa shape index (κ1) is 18.9. The summed E-state index contributed by atoms with van der Waals surface area (Å²) < 4.78 is 70.1. The lowest BCUT2D eigenvalue weighted by Gasteiger charge is -2.22. The van der Waals surface area contributed by atoms with Crippen LogP contribution in [0.15, 0.2) is 18.5 Å². The molecule has 0 unspecified atom stereocenters.